The average Bonchev–Trinajstić information content (AvgIpc) is 3.02. The summed E-state index contributed by atoms with van der Waals surface area (Å²) in [4.78, 5) is 1.31. The van der Waals surface area contributed by atoms with Crippen molar-refractivity contribution in [3.05, 3.63) is 30.3 Å². The van der Waals surface area contributed by atoms with Crippen molar-refractivity contribution >= 4 is 21.6 Å². The summed E-state index contributed by atoms with van der Waals surface area (Å²) in [6, 6.07) is 10.6. The second-order valence-electron chi connectivity index (χ2n) is 6.38. The SMILES string of the molecule is CS(=O)(=O)C1CCCC1NCC1(Sc2ccccc2)CC1. The van der Waals surface area contributed by atoms with E-state index < -0.39 is 9.84 Å². The number of benzene rings is 1. The molecule has 1 N–H and O–H groups in total. The van der Waals surface area contributed by atoms with Gasteiger partial charge in [0.05, 0.1) is 5.25 Å². The molecule has 0 saturated heterocycles. The van der Waals surface area contributed by atoms with Gasteiger partial charge in [-0.2, -0.15) is 0 Å². The number of thioether (sulfide) groups is 1. The zero-order valence-corrected chi connectivity index (χ0v) is 14.1. The maximum absolute atomic E-state index is 11.8. The van der Waals surface area contributed by atoms with E-state index in [9.17, 15) is 8.42 Å². The van der Waals surface area contributed by atoms with Gasteiger partial charge < -0.3 is 5.32 Å². The third-order valence-electron chi connectivity index (χ3n) is 4.57. The first-order chi connectivity index (χ1) is 9.99. The molecule has 0 spiro atoms. The molecule has 0 heterocycles. The van der Waals surface area contributed by atoms with Gasteiger partial charge in [-0.05, 0) is 37.8 Å². The Hall–Kier alpha value is -0.520. The summed E-state index contributed by atoms with van der Waals surface area (Å²) in [7, 11) is -2.93. The second kappa shape index (κ2) is 5.94. The van der Waals surface area contributed by atoms with Gasteiger partial charge in [-0.1, -0.05) is 24.6 Å². The van der Waals surface area contributed by atoms with Crippen LogP contribution >= 0.6 is 11.8 Å². The van der Waals surface area contributed by atoms with E-state index in [2.05, 4.69) is 29.6 Å². The predicted octanol–water partition coefficient (Wildman–Crippen LogP) is 2.87. The quantitative estimate of drug-likeness (QED) is 0.873. The first-order valence-corrected chi connectivity index (χ1v) is 10.4. The van der Waals surface area contributed by atoms with Crippen LogP contribution in [0.3, 0.4) is 0 Å². The van der Waals surface area contributed by atoms with Crippen molar-refractivity contribution in [2.24, 2.45) is 0 Å². The van der Waals surface area contributed by atoms with Gasteiger partial charge >= 0.3 is 0 Å². The van der Waals surface area contributed by atoms with E-state index in [1.165, 1.54) is 24.0 Å². The molecule has 2 atom stereocenters. The molecule has 1 aromatic carbocycles. The van der Waals surface area contributed by atoms with Crippen molar-refractivity contribution in [1.82, 2.24) is 5.32 Å². The van der Waals surface area contributed by atoms with Crippen LogP contribution in [0.5, 0.6) is 0 Å². The Morgan fingerprint density at radius 1 is 1.24 bits per heavy atom. The zero-order valence-electron chi connectivity index (χ0n) is 12.4. The standard InChI is InChI=1S/C16H23NO2S2/c1-21(18,19)15-9-5-8-14(15)17-12-16(10-11-16)20-13-6-3-2-4-7-13/h2-4,6-7,14-15,17H,5,8-12H2,1H3. The molecule has 2 aliphatic carbocycles. The van der Waals surface area contributed by atoms with Crippen LogP contribution in [0.15, 0.2) is 35.2 Å². The molecule has 2 saturated carbocycles. The molecule has 1 aromatic rings. The molecule has 2 unspecified atom stereocenters. The molecular formula is C16H23NO2S2. The van der Waals surface area contributed by atoms with E-state index in [1.807, 2.05) is 17.8 Å². The fourth-order valence-electron chi connectivity index (χ4n) is 3.18. The minimum Gasteiger partial charge on any atom is -0.311 e. The van der Waals surface area contributed by atoms with Crippen LogP contribution in [0.4, 0.5) is 0 Å². The van der Waals surface area contributed by atoms with E-state index in [1.54, 1.807) is 0 Å². The largest absolute Gasteiger partial charge is 0.311 e. The van der Waals surface area contributed by atoms with Gasteiger partial charge in [-0.3, -0.25) is 0 Å². The van der Waals surface area contributed by atoms with Crippen LogP contribution in [-0.2, 0) is 9.84 Å². The summed E-state index contributed by atoms with van der Waals surface area (Å²) in [5.41, 5.74) is 0. The van der Waals surface area contributed by atoms with Crippen LogP contribution in [0.1, 0.15) is 32.1 Å². The summed E-state index contributed by atoms with van der Waals surface area (Å²) in [5.74, 6) is 0. The van der Waals surface area contributed by atoms with Gasteiger partial charge in [0.1, 0.15) is 0 Å². The predicted molar refractivity (Wildman–Crippen MR) is 88.5 cm³/mol. The fourth-order valence-corrected chi connectivity index (χ4v) is 5.86. The summed E-state index contributed by atoms with van der Waals surface area (Å²) < 4.78 is 23.9. The molecule has 3 nitrogen and oxygen atoms in total. The molecule has 2 aliphatic rings. The first kappa shape index (κ1) is 15.4. The smallest absolute Gasteiger partial charge is 0.151 e. The fraction of sp³-hybridized carbons (Fsp3) is 0.625. The van der Waals surface area contributed by atoms with Crippen LogP contribution in [-0.4, -0.2) is 37.3 Å². The molecular weight excluding hydrogens is 302 g/mol. The van der Waals surface area contributed by atoms with Gasteiger partial charge in [0.15, 0.2) is 9.84 Å². The number of hydrogen-bond acceptors (Lipinski definition) is 4. The topological polar surface area (TPSA) is 46.2 Å². The Labute approximate surface area is 131 Å². The van der Waals surface area contributed by atoms with E-state index in [4.69, 9.17) is 0 Å². The zero-order chi connectivity index (χ0) is 14.9. The van der Waals surface area contributed by atoms with Crippen molar-refractivity contribution in [2.75, 3.05) is 12.8 Å². The maximum Gasteiger partial charge on any atom is 0.151 e. The first-order valence-electron chi connectivity index (χ1n) is 7.65. The van der Waals surface area contributed by atoms with Crippen LogP contribution in [0.25, 0.3) is 0 Å². The Morgan fingerprint density at radius 3 is 2.57 bits per heavy atom. The summed E-state index contributed by atoms with van der Waals surface area (Å²) >= 11 is 1.94. The molecule has 5 heteroatoms. The minimum absolute atomic E-state index is 0.147. The lowest BCUT2D eigenvalue weighted by Crippen LogP contribution is -2.43. The Kier molecular flexibility index (Phi) is 4.35. The molecule has 0 radical (unpaired) electrons. The molecule has 21 heavy (non-hydrogen) atoms. The number of rotatable bonds is 6. The second-order valence-corrected chi connectivity index (χ2v) is 10.2. The molecule has 2 fully saturated rings. The molecule has 116 valence electrons. The lowest BCUT2D eigenvalue weighted by atomic mass is 10.2. The van der Waals surface area contributed by atoms with E-state index in [-0.39, 0.29) is 16.0 Å². The van der Waals surface area contributed by atoms with Crippen LogP contribution in [0, 0.1) is 0 Å². The number of nitrogens with one attached hydrogen (secondary N) is 1. The van der Waals surface area contributed by atoms with Crippen molar-refractivity contribution < 1.29 is 8.42 Å². The van der Waals surface area contributed by atoms with Gasteiger partial charge in [0, 0.05) is 28.5 Å². The van der Waals surface area contributed by atoms with Crippen molar-refractivity contribution in [3.63, 3.8) is 0 Å². The molecule has 3 rings (SSSR count). The van der Waals surface area contributed by atoms with E-state index in [0.717, 1.165) is 25.8 Å². The molecule has 0 aromatic heterocycles. The highest BCUT2D eigenvalue weighted by Gasteiger charge is 2.45. The third-order valence-corrected chi connectivity index (χ3v) is 7.73. The number of sulfone groups is 1. The van der Waals surface area contributed by atoms with Crippen molar-refractivity contribution in [3.8, 4) is 0 Å². The number of hydrogen-bond donors (Lipinski definition) is 1. The van der Waals surface area contributed by atoms with Crippen molar-refractivity contribution in [2.45, 2.75) is 53.0 Å². The third kappa shape index (κ3) is 3.82. The minimum atomic E-state index is -2.93. The van der Waals surface area contributed by atoms with Crippen LogP contribution < -0.4 is 5.32 Å². The summed E-state index contributed by atoms with van der Waals surface area (Å²) in [6.45, 7) is 0.920. The lowest BCUT2D eigenvalue weighted by Gasteiger charge is -2.23. The monoisotopic (exact) mass is 325 g/mol. The highest BCUT2D eigenvalue weighted by atomic mass is 32.2. The molecule has 0 bridgehead atoms. The van der Waals surface area contributed by atoms with Gasteiger partial charge in [0.2, 0.25) is 0 Å². The Bertz CT molecular complexity index is 582. The van der Waals surface area contributed by atoms with E-state index >= 15 is 0 Å². The molecule has 0 amide bonds. The summed E-state index contributed by atoms with van der Waals surface area (Å²) in [6.07, 6.45) is 6.64. The lowest BCUT2D eigenvalue weighted by molar-refractivity contribution is 0.503. The van der Waals surface area contributed by atoms with Gasteiger partial charge in [0.25, 0.3) is 0 Å². The average molecular weight is 325 g/mol. The van der Waals surface area contributed by atoms with E-state index in [0.29, 0.717) is 0 Å². The Morgan fingerprint density at radius 2 is 1.95 bits per heavy atom. The molecule has 0 aliphatic heterocycles. The van der Waals surface area contributed by atoms with Gasteiger partial charge in [-0.25, -0.2) is 8.42 Å². The highest BCUT2D eigenvalue weighted by Crippen LogP contribution is 2.51. The highest BCUT2D eigenvalue weighted by molar-refractivity contribution is 8.01. The summed E-state index contributed by atoms with van der Waals surface area (Å²) in [5, 5.41) is 3.38. The van der Waals surface area contributed by atoms with Crippen molar-refractivity contribution in [1.29, 1.82) is 0 Å². The maximum atomic E-state index is 11.8. The Balaban J connectivity index is 1.57. The normalized spacial score (nSPS) is 27.7. The van der Waals surface area contributed by atoms with Crippen LogP contribution in [0.2, 0.25) is 0 Å². The van der Waals surface area contributed by atoms with Gasteiger partial charge in [-0.15, -0.1) is 11.8 Å².